The maximum Gasteiger partial charge on any atom is 0.144 e. The number of hydrogen-bond acceptors (Lipinski definition) is 6. The van der Waals surface area contributed by atoms with Gasteiger partial charge in [-0.3, -0.25) is 15.3 Å². The molecule has 5 aromatic carbocycles. The SMILES string of the molecule is c1ccc(-c2cc3ccc4c(c5ccccc5n4-c4ccc(C5=NC(c6ccncc6)NC(c6ccc(-c7ccncc7)cc6)N5)cc4)c3o2)cc1. The van der Waals surface area contributed by atoms with Gasteiger partial charge in [-0.2, -0.15) is 0 Å². The number of amidine groups is 1. The van der Waals surface area contributed by atoms with Crippen molar-refractivity contribution in [1.29, 1.82) is 0 Å². The van der Waals surface area contributed by atoms with Crippen molar-refractivity contribution < 1.29 is 4.42 Å². The molecule has 1 aliphatic heterocycles. The molecule has 4 aromatic heterocycles. The zero-order valence-corrected chi connectivity index (χ0v) is 28.0. The number of hydrogen-bond donors (Lipinski definition) is 2. The second kappa shape index (κ2) is 12.5. The zero-order chi connectivity index (χ0) is 34.4. The van der Waals surface area contributed by atoms with E-state index in [4.69, 9.17) is 9.41 Å². The van der Waals surface area contributed by atoms with E-state index in [-0.39, 0.29) is 12.3 Å². The molecule has 2 unspecified atom stereocenters. The van der Waals surface area contributed by atoms with Gasteiger partial charge in [0.1, 0.15) is 29.5 Å². The minimum absolute atomic E-state index is 0.161. The number of para-hydroxylation sites is 1. The Morgan fingerprint density at radius 3 is 2.04 bits per heavy atom. The average molecular weight is 673 g/mol. The van der Waals surface area contributed by atoms with Crippen LogP contribution < -0.4 is 10.6 Å². The van der Waals surface area contributed by atoms with Gasteiger partial charge in [0.25, 0.3) is 0 Å². The zero-order valence-electron chi connectivity index (χ0n) is 28.0. The molecule has 52 heavy (non-hydrogen) atoms. The summed E-state index contributed by atoms with van der Waals surface area (Å²) in [5.41, 5.74) is 10.7. The molecule has 7 nitrogen and oxygen atoms in total. The summed E-state index contributed by atoms with van der Waals surface area (Å²) in [6.45, 7) is 0. The van der Waals surface area contributed by atoms with E-state index >= 15 is 0 Å². The van der Waals surface area contributed by atoms with E-state index in [0.717, 1.165) is 83.4 Å². The summed E-state index contributed by atoms with van der Waals surface area (Å²) in [4.78, 5) is 13.6. The van der Waals surface area contributed by atoms with Crippen LogP contribution in [0, 0.1) is 0 Å². The Morgan fingerprint density at radius 1 is 0.558 bits per heavy atom. The number of benzene rings is 5. The van der Waals surface area contributed by atoms with Gasteiger partial charge in [-0.25, -0.2) is 4.99 Å². The average Bonchev–Trinajstić information content (AvgIpc) is 3.82. The minimum atomic E-state index is -0.252. The van der Waals surface area contributed by atoms with E-state index in [9.17, 15) is 0 Å². The highest BCUT2D eigenvalue weighted by molar-refractivity contribution is 6.20. The lowest BCUT2D eigenvalue weighted by atomic mass is 10.0. The highest BCUT2D eigenvalue weighted by Gasteiger charge is 2.26. The van der Waals surface area contributed by atoms with Crippen LogP contribution in [-0.4, -0.2) is 20.4 Å². The molecule has 2 N–H and O–H groups in total. The third kappa shape index (κ3) is 5.23. The smallest absolute Gasteiger partial charge is 0.144 e. The summed E-state index contributed by atoms with van der Waals surface area (Å²) in [5, 5.41) is 10.7. The quantitative estimate of drug-likeness (QED) is 0.184. The minimum Gasteiger partial charge on any atom is -0.455 e. The number of nitrogens with zero attached hydrogens (tertiary/aromatic N) is 4. The standard InChI is InChI=1S/C45H32N6O/c1-2-6-31(7-3-1)40-28-35-16-19-39-41(42(35)52-40)37-8-4-5-9-38(37)51(39)36-17-14-33(15-18-36)44-48-43(49-45(50-44)34-22-26-47-27-23-34)32-12-10-29(11-13-32)30-20-24-46-25-21-30/h1-28,43,45,49H,(H,48,50). The predicted molar refractivity (Wildman–Crippen MR) is 208 cm³/mol. The van der Waals surface area contributed by atoms with Crippen molar-refractivity contribution in [3.05, 3.63) is 187 Å². The Bertz CT molecular complexity index is 2720. The lowest BCUT2D eigenvalue weighted by molar-refractivity contribution is 0.409. The van der Waals surface area contributed by atoms with E-state index < -0.39 is 0 Å². The van der Waals surface area contributed by atoms with Crippen LogP contribution in [0.1, 0.15) is 29.0 Å². The van der Waals surface area contributed by atoms with E-state index in [2.05, 4.69) is 128 Å². The lowest BCUT2D eigenvalue weighted by Gasteiger charge is -2.32. The highest BCUT2D eigenvalue weighted by Crippen LogP contribution is 2.40. The van der Waals surface area contributed by atoms with Gasteiger partial charge in [0.05, 0.1) is 16.4 Å². The Kier molecular flexibility index (Phi) is 7.22. The van der Waals surface area contributed by atoms with Gasteiger partial charge in [0, 0.05) is 52.4 Å². The van der Waals surface area contributed by atoms with Gasteiger partial charge in [-0.15, -0.1) is 0 Å². The van der Waals surface area contributed by atoms with Gasteiger partial charge >= 0.3 is 0 Å². The van der Waals surface area contributed by atoms with Crippen molar-refractivity contribution >= 4 is 38.6 Å². The second-order valence-electron chi connectivity index (χ2n) is 13.0. The number of rotatable bonds is 6. The monoisotopic (exact) mass is 672 g/mol. The maximum atomic E-state index is 6.60. The van der Waals surface area contributed by atoms with Crippen LogP contribution in [0.2, 0.25) is 0 Å². The first kappa shape index (κ1) is 30.0. The summed E-state index contributed by atoms with van der Waals surface area (Å²) in [6.07, 6.45) is 6.85. The van der Waals surface area contributed by atoms with Crippen molar-refractivity contribution in [3.63, 3.8) is 0 Å². The first-order valence-electron chi connectivity index (χ1n) is 17.4. The highest BCUT2D eigenvalue weighted by atomic mass is 16.3. The summed E-state index contributed by atoms with van der Waals surface area (Å²) >= 11 is 0. The summed E-state index contributed by atoms with van der Waals surface area (Å²) in [5.74, 6) is 1.69. The first-order chi connectivity index (χ1) is 25.8. The number of pyridine rings is 2. The van der Waals surface area contributed by atoms with Crippen molar-refractivity contribution in [2.75, 3.05) is 0 Å². The second-order valence-corrected chi connectivity index (χ2v) is 13.0. The molecule has 0 spiro atoms. The molecular formula is C45H32N6O. The topological polar surface area (TPSA) is 80.3 Å². The molecule has 9 aromatic rings. The molecule has 10 rings (SSSR count). The number of aliphatic imine (C=N–C) groups is 1. The Labute approximate surface area is 299 Å². The fraction of sp³-hybridized carbons (Fsp3) is 0.0444. The van der Waals surface area contributed by atoms with Crippen LogP contribution in [0.25, 0.3) is 60.9 Å². The van der Waals surface area contributed by atoms with Crippen LogP contribution in [0.3, 0.4) is 0 Å². The van der Waals surface area contributed by atoms with Gasteiger partial charge in [-0.1, -0.05) is 72.8 Å². The van der Waals surface area contributed by atoms with E-state index in [1.54, 1.807) is 0 Å². The molecule has 0 saturated heterocycles. The number of fused-ring (bicyclic) bond motifs is 5. The third-order valence-electron chi connectivity index (χ3n) is 9.92. The fourth-order valence-corrected chi connectivity index (χ4v) is 7.35. The molecule has 0 amide bonds. The number of aromatic nitrogens is 3. The third-order valence-corrected chi connectivity index (χ3v) is 9.92. The van der Waals surface area contributed by atoms with Crippen molar-refractivity contribution in [1.82, 2.24) is 25.2 Å². The Morgan fingerprint density at radius 2 is 1.25 bits per heavy atom. The number of nitrogens with one attached hydrogen (secondary N) is 2. The molecule has 5 heterocycles. The van der Waals surface area contributed by atoms with E-state index in [1.807, 2.05) is 67.3 Å². The molecule has 0 saturated carbocycles. The fourth-order valence-electron chi connectivity index (χ4n) is 7.35. The lowest BCUT2D eigenvalue weighted by Crippen LogP contribution is -2.44. The molecule has 0 bridgehead atoms. The first-order valence-corrected chi connectivity index (χ1v) is 17.4. The number of furan rings is 1. The largest absolute Gasteiger partial charge is 0.455 e. The van der Waals surface area contributed by atoms with Crippen molar-refractivity contribution in [2.24, 2.45) is 4.99 Å². The van der Waals surface area contributed by atoms with Gasteiger partial charge in [0.15, 0.2) is 0 Å². The summed E-state index contributed by atoms with van der Waals surface area (Å²) in [6, 6.07) is 50.7. The molecule has 2 atom stereocenters. The maximum absolute atomic E-state index is 6.60. The Hall–Kier alpha value is -6.83. The van der Waals surface area contributed by atoms with E-state index in [1.165, 1.54) is 0 Å². The van der Waals surface area contributed by atoms with E-state index in [0.29, 0.717) is 0 Å². The van der Waals surface area contributed by atoms with Crippen molar-refractivity contribution in [3.8, 4) is 28.1 Å². The van der Waals surface area contributed by atoms with Crippen LogP contribution in [0.4, 0.5) is 0 Å². The summed E-state index contributed by atoms with van der Waals surface area (Å²) < 4.78 is 8.92. The van der Waals surface area contributed by atoms with Crippen molar-refractivity contribution in [2.45, 2.75) is 12.3 Å². The molecule has 0 radical (unpaired) electrons. The predicted octanol–water partition coefficient (Wildman–Crippen LogP) is 9.99. The van der Waals surface area contributed by atoms with Crippen LogP contribution in [-0.2, 0) is 0 Å². The van der Waals surface area contributed by atoms with Gasteiger partial charge in [0.2, 0.25) is 0 Å². The Balaban J connectivity index is 1.03. The van der Waals surface area contributed by atoms with Crippen LogP contribution in [0.5, 0.6) is 0 Å². The van der Waals surface area contributed by atoms with Crippen LogP contribution in [0.15, 0.2) is 180 Å². The molecule has 1 aliphatic rings. The summed E-state index contributed by atoms with van der Waals surface area (Å²) in [7, 11) is 0. The normalized spacial score (nSPS) is 15.9. The van der Waals surface area contributed by atoms with Gasteiger partial charge in [-0.05, 0) is 95.1 Å². The van der Waals surface area contributed by atoms with Gasteiger partial charge < -0.3 is 14.3 Å². The molecular weight excluding hydrogens is 641 g/mol. The molecule has 0 fully saturated rings. The molecule has 7 heteroatoms. The van der Waals surface area contributed by atoms with Crippen LogP contribution >= 0.6 is 0 Å². The molecule has 0 aliphatic carbocycles. The molecule has 248 valence electrons.